The monoisotopic (exact) mass is 476 g/mol. The second-order valence-corrected chi connectivity index (χ2v) is 10.0. The lowest BCUT2D eigenvalue weighted by molar-refractivity contribution is -0.140. The van der Waals surface area contributed by atoms with Gasteiger partial charge in [0, 0.05) is 22.9 Å². The molecule has 0 saturated heterocycles. The Morgan fingerprint density at radius 3 is 2.50 bits per heavy atom. The maximum absolute atomic E-state index is 13.3. The Bertz CT molecular complexity index is 914. The maximum atomic E-state index is 13.3. The van der Waals surface area contributed by atoms with Crippen LogP contribution in [0.1, 0.15) is 45.2 Å². The van der Waals surface area contributed by atoms with Crippen molar-refractivity contribution in [3.63, 3.8) is 0 Å². The average Bonchev–Trinajstić information content (AvgIpc) is 2.73. The van der Waals surface area contributed by atoms with Crippen LogP contribution < -0.4 is 10.1 Å². The molecule has 7 heteroatoms. The molecule has 0 aliphatic carbocycles. The molecule has 0 fully saturated rings. The second kappa shape index (κ2) is 12.2. The quantitative estimate of drug-likeness (QED) is 0.505. The first-order chi connectivity index (χ1) is 15.1. The number of rotatable bonds is 10. The van der Waals surface area contributed by atoms with Crippen molar-refractivity contribution in [1.82, 2.24) is 10.2 Å². The van der Waals surface area contributed by atoms with E-state index in [1.165, 1.54) is 11.8 Å². The summed E-state index contributed by atoms with van der Waals surface area (Å²) >= 11 is 7.74. The molecule has 2 aromatic rings. The molecule has 1 N–H and O–H groups in total. The summed E-state index contributed by atoms with van der Waals surface area (Å²) in [5.41, 5.74) is 1.52. The van der Waals surface area contributed by atoms with Gasteiger partial charge >= 0.3 is 0 Å². The Morgan fingerprint density at radius 1 is 1.16 bits per heavy atom. The molecule has 0 aromatic heterocycles. The van der Waals surface area contributed by atoms with Crippen LogP contribution in [0.3, 0.4) is 0 Å². The topological polar surface area (TPSA) is 58.6 Å². The third kappa shape index (κ3) is 8.06. The highest BCUT2D eigenvalue weighted by atomic mass is 35.5. The number of nitrogens with zero attached hydrogens (tertiary/aromatic N) is 1. The van der Waals surface area contributed by atoms with Crippen LogP contribution in [0.15, 0.2) is 48.5 Å². The summed E-state index contributed by atoms with van der Waals surface area (Å²) < 4.78 is 5.32. The summed E-state index contributed by atoms with van der Waals surface area (Å²) in [4.78, 5) is 28.0. The van der Waals surface area contributed by atoms with Gasteiger partial charge < -0.3 is 15.0 Å². The molecule has 2 aromatic carbocycles. The van der Waals surface area contributed by atoms with Crippen molar-refractivity contribution in [1.29, 1.82) is 0 Å². The van der Waals surface area contributed by atoms with E-state index < -0.39 is 6.04 Å². The Hall–Kier alpha value is -2.18. The van der Waals surface area contributed by atoms with Gasteiger partial charge in [-0.1, -0.05) is 48.9 Å². The van der Waals surface area contributed by atoms with Crippen molar-refractivity contribution in [2.45, 2.75) is 58.0 Å². The van der Waals surface area contributed by atoms with E-state index in [0.29, 0.717) is 23.7 Å². The summed E-state index contributed by atoms with van der Waals surface area (Å²) in [6, 6.07) is 14.6. The third-order valence-corrected chi connectivity index (χ3v) is 6.15. The van der Waals surface area contributed by atoms with Crippen LogP contribution in [0.5, 0.6) is 5.75 Å². The number of thioether (sulfide) groups is 1. The summed E-state index contributed by atoms with van der Waals surface area (Å²) in [6.07, 6.45) is 0.521. The van der Waals surface area contributed by atoms with Crippen molar-refractivity contribution in [2.24, 2.45) is 0 Å². The molecule has 2 rings (SSSR count). The summed E-state index contributed by atoms with van der Waals surface area (Å²) in [5, 5.41) is 3.71. The zero-order chi connectivity index (χ0) is 23.7. The molecule has 1 atom stereocenters. The third-order valence-electron chi connectivity index (χ3n) is 4.81. The zero-order valence-corrected chi connectivity index (χ0v) is 21.1. The Kier molecular flexibility index (Phi) is 9.91. The Balaban J connectivity index is 2.19. The van der Waals surface area contributed by atoms with Crippen molar-refractivity contribution < 1.29 is 14.3 Å². The molecule has 0 radical (unpaired) electrons. The van der Waals surface area contributed by atoms with Gasteiger partial charge in [0.05, 0.1) is 12.9 Å². The van der Waals surface area contributed by atoms with Crippen LogP contribution in [0.4, 0.5) is 0 Å². The zero-order valence-electron chi connectivity index (χ0n) is 19.5. The van der Waals surface area contributed by atoms with Crippen LogP contribution in [-0.2, 0) is 21.9 Å². The molecule has 0 spiro atoms. The number of benzene rings is 2. The SMILES string of the molecule is CC[C@H](C(=O)NC(C)(C)C)N(Cc1cccc(OC)c1)C(=O)CSCc1ccccc1Cl. The molecular weight excluding hydrogens is 444 g/mol. The molecular formula is C25H33ClN2O3S. The van der Waals surface area contributed by atoms with Crippen LogP contribution in [0.25, 0.3) is 0 Å². The molecule has 0 aliphatic heterocycles. The number of carbonyl (C=O) groups excluding carboxylic acids is 2. The molecule has 0 saturated carbocycles. The lowest BCUT2D eigenvalue weighted by Gasteiger charge is -2.33. The summed E-state index contributed by atoms with van der Waals surface area (Å²) in [7, 11) is 1.61. The number of amides is 2. The average molecular weight is 477 g/mol. The molecule has 0 heterocycles. The van der Waals surface area contributed by atoms with Gasteiger partial charge in [-0.15, -0.1) is 11.8 Å². The number of hydrogen-bond donors (Lipinski definition) is 1. The molecule has 0 unspecified atom stereocenters. The first kappa shape index (κ1) is 26.1. The molecule has 5 nitrogen and oxygen atoms in total. The lowest BCUT2D eigenvalue weighted by Crippen LogP contribution is -2.53. The lowest BCUT2D eigenvalue weighted by atomic mass is 10.1. The highest BCUT2D eigenvalue weighted by Gasteiger charge is 2.30. The molecule has 0 aliphatic rings. The highest BCUT2D eigenvalue weighted by Crippen LogP contribution is 2.23. The molecule has 0 bridgehead atoms. The van der Waals surface area contributed by atoms with Crippen molar-refractivity contribution >= 4 is 35.2 Å². The highest BCUT2D eigenvalue weighted by molar-refractivity contribution is 7.99. The fourth-order valence-electron chi connectivity index (χ4n) is 3.29. The predicted molar refractivity (Wildman–Crippen MR) is 133 cm³/mol. The van der Waals surface area contributed by atoms with E-state index in [0.717, 1.165) is 16.9 Å². The minimum Gasteiger partial charge on any atom is -0.497 e. The molecule has 2 amide bonds. The maximum Gasteiger partial charge on any atom is 0.243 e. The number of carbonyl (C=O) groups is 2. The minimum atomic E-state index is -0.561. The van der Waals surface area contributed by atoms with E-state index in [-0.39, 0.29) is 23.1 Å². The van der Waals surface area contributed by atoms with E-state index >= 15 is 0 Å². The largest absolute Gasteiger partial charge is 0.497 e. The first-order valence-corrected chi connectivity index (χ1v) is 12.2. The van der Waals surface area contributed by atoms with E-state index in [9.17, 15) is 9.59 Å². The number of halogens is 1. The first-order valence-electron chi connectivity index (χ1n) is 10.7. The smallest absolute Gasteiger partial charge is 0.243 e. The van der Waals surface area contributed by atoms with Crippen molar-refractivity contribution in [3.8, 4) is 5.75 Å². The van der Waals surface area contributed by atoms with Gasteiger partial charge in [0.25, 0.3) is 0 Å². The van der Waals surface area contributed by atoms with Crippen LogP contribution >= 0.6 is 23.4 Å². The normalized spacial score (nSPS) is 12.2. The van der Waals surface area contributed by atoms with E-state index in [1.54, 1.807) is 12.0 Å². The standard InChI is InChI=1S/C25H33ClN2O3S/c1-6-22(24(30)27-25(2,3)4)28(15-18-10-9-12-20(14-18)31-5)23(29)17-32-16-19-11-7-8-13-21(19)26/h7-14,22H,6,15-17H2,1-5H3,(H,27,30)/t22-/m1/s1. The van der Waals surface area contributed by atoms with Gasteiger partial charge in [-0.05, 0) is 56.5 Å². The number of ether oxygens (including phenoxy) is 1. The van der Waals surface area contributed by atoms with Crippen LogP contribution in [0, 0.1) is 0 Å². The van der Waals surface area contributed by atoms with Gasteiger partial charge in [0.15, 0.2) is 0 Å². The molecule has 174 valence electrons. The van der Waals surface area contributed by atoms with E-state index in [1.807, 2.05) is 76.2 Å². The van der Waals surface area contributed by atoms with Gasteiger partial charge in [-0.2, -0.15) is 0 Å². The van der Waals surface area contributed by atoms with Gasteiger partial charge in [0.2, 0.25) is 11.8 Å². The fraction of sp³-hybridized carbons (Fsp3) is 0.440. The van der Waals surface area contributed by atoms with Gasteiger partial charge in [-0.25, -0.2) is 0 Å². The number of methoxy groups -OCH3 is 1. The van der Waals surface area contributed by atoms with Crippen molar-refractivity contribution in [2.75, 3.05) is 12.9 Å². The van der Waals surface area contributed by atoms with Crippen LogP contribution in [-0.4, -0.2) is 41.2 Å². The molecule has 32 heavy (non-hydrogen) atoms. The van der Waals surface area contributed by atoms with Crippen LogP contribution in [0.2, 0.25) is 5.02 Å². The second-order valence-electron chi connectivity index (χ2n) is 8.62. The Morgan fingerprint density at radius 2 is 1.88 bits per heavy atom. The summed E-state index contributed by atoms with van der Waals surface area (Å²) in [6.45, 7) is 8.07. The number of nitrogens with one attached hydrogen (secondary N) is 1. The van der Waals surface area contributed by atoms with E-state index in [2.05, 4.69) is 5.32 Å². The Labute approximate surface area is 200 Å². The van der Waals surface area contributed by atoms with Crippen molar-refractivity contribution in [3.05, 3.63) is 64.7 Å². The van der Waals surface area contributed by atoms with Gasteiger partial charge in [0.1, 0.15) is 11.8 Å². The predicted octanol–water partition coefficient (Wildman–Crippen LogP) is 5.30. The number of hydrogen-bond acceptors (Lipinski definition) is 4. The van der Waals surface area contributed by atoms with Gasteiger partial charge in [-0.3, -0.25) is 9.59 Å². The van der Waals surface area contributed by atoms with E-state index in [4.69, 9.17) is 16.3 Å². The summed E-state index contributed by atoms with van der Waals surface area (Å²) in [5.74, 6) is 1.38. The fourth-order valence-corrected chi connectivity index (χ4v) is 4.48. The minimum absolute atomic E-state index is 0.0826.